The molecular formula is C22H25ClFN3O4. The summed E-state index contributed by atoms with van der Waals surface area (Å²) in [6.07, 6.45) is 0.183. The van der Waals surface area contributed by atoms with Crippen LogP contribution >= 0.6 is 11.6 Å². The van der Waals surface area contributed by atoms with E-state index in [4.69, 9.17) is 16.3 Å². The summed E-state index contributed by atoms with van der Waals surface area (Å²) in [5.74, 6) is -0.707. The van der Waals surface area contributed by atoms with E-state index in [1.54, 1.807) is 18.2 Å². The first-order chi connectivity index (χ1) is 14.9. The zero-order chi connectivity index (χ0) is 22.2. The standard InChI is InChI=1S/C22H25ClFN3O4/c23-15-7-5-14(6-8-15)12-25-21(29)11-16-9-10-19(20(13-28)31-16)27-22(30)26-18-4-2-1-3-17(18)24/h1-8,16,19-20,28H,9-13H2,(H,25,29)(H2,26,27,30)/t16-,19+,20-/m1/s1. The van der Waals surface area contributed by atoms with Gasteiger partial charge in [-0.1, -0.05) is 35.9 Å². The first-order valence-corrected chi connectivity index (χ1v) is 10.4. The van der Waals surface area contributed by atoms with Crippen LogP contribution in [0.5, 0.6) is 0 Å². The van der Waals surface area contributed by atoms with E-state index in [2.05, 4.69) is 16.0 Å². The second-order valence-corrected chi connectivity index (χ2v) is 7.79. The Morgan fingerprint density at radius 2 is 1.87 bits per heavy atom. The summed E-state index contributed by atoms with van der Waals surface area (Å²) < 4.78 is 19.5. The van der Waals surface area contributed by atoms with Crippen molar-refractivity contribution in [2.75, 3.05) is 11.9 Å². The Morgan fingerprint density at radius 1 is 1.13 bits per heavy atom. The van der Waals surface area contributed by atoms with Crippen LogP contribution in [0.1, 0.15) is 24.8 Å². The lowest BCUT2D eigenvalue weighted by molar-refractivity contribution is -0.130. The molecule has 1 aliphatic heterocycles. The molecule has 2 aromatic carbocycles. The van der Waals surface area contributed by atoms with Gasteiger partial charge in [0, 0.05) is 11.6 Å². The Balaban J connectivity index is 1.45. The lowest BCUT2D eigenvalue weighted by atomic mass is 9.97. The van der Waals surface area contributed by atoms with Gasteiger partial charge in [0.25, 0.3) is 0 Å². The molecule has 9 heteroatoms. The molecule has 0 aromatic heterocycles. The number of hydrogen-bond acceptors (Lipinski definition) is 4. The maximum absolute atomic E-state index is 13.7. The summed E-state index contributed by atoms with van der Waals surface area (Å²) in [4.78, 5) is 24.4. The predicted molar refractivity (Wildman–Crippen MR) is 115 cm³/mol. The van der Waals surface area contributed by atoms with Crippen molar-refractivity contribution < 1.29 is 23.8 Å². The number of carbonyl (C=O) groups is 2. The molecule has 1 fully saturated rings. The second kappa shape index (κ2) is 11.1. The number of nitrogens with one attached hydrogen (secondary N) is 3. The topological polar surface area (TPSA) is 99.7 Å². The van der Waals surface area contributed by atoms with Crippen molar-refractivity contribution in [3.8, 4) is 0 Å². The SMILES string of the molecule is O=C(C[C@H]1CC[C@H](NC(=O)Nc2ccccc2F)[C@@H](CO)O1)NCc1ccc(Cl)cc1. The molecule has 4 N–H and O–H groups in total. The van der Waals surface area contributed by atoms with Gasteiger partial charge in [-0.2, -0.15) is 0 Å². The molecule has 166 valence electrons. The largest absolute Gasteiger partial charge is 0.394 e. The Hall–Kier alpha value is -2.68. The Kier molecular flexibility index (Phi) is 8.22. The second-order valence-electron chi connectivity index (χ2n) is 7.35. The molecule has 1 heterocycles. The number of para-hydroxylation sites is 1. The molecule has 0 aliphatic carbocycles. The third-order valence-corrected chi connectivity index (χ3v) is 5.30. The summed E-state index contributed by atoms with van der Waals surface area (Å²) in [5.41, 5.74) is 0.994. The maximum Gasteiger partial charge on any atom is 0.319 e. The van der Waals surface area contributed by atoms with Gasteiger partial charge in [0.15, 0.2) is 0 Å². The van der Waals surface area contributed by atoms with Gasteiger partial charge in [0.1, 0.15) is 11.9 Å². The quantitative estimate of drug-likeness (QED) is 0.521. The van der Waals surface area contributed by atoms with Gasteiger partial charge in [0.2, 0.25) is 5.91 Å². The highest BCUT2D eigenvalue weighted by Crippen LogP contribution is 2.22. The van der Waals surface area contributed by atoms with E-state index in [0.717, 1.165) is 5.56 Å². The minimum atomic E-state index is -0.658. The lowest BCUT2D eigenvalue weighted by Crippen LogP contribution is -2.52. The number of carbonyl (C=O) groups excluding carboxylic acids is 2. The first-order valence-electron chi connectivity index (χ1n) is 10.0. The molecule has 7 nitrogen and oxygen atoms in total. The van der Waals surface area contributed by atoms with Crippen LogP contribution in [0.15, 0.2) is 48.5 Å². The van der Waals surface area contributed by atoms with Gasteiger partial charge in [-0.15, -0.1) is 0 Å². The molecule has 3 rings (SSSR count). The molecule has 1 aliphatic rings. The minimum Gasteiger partial charge on any atom is -0.394 e. The van der Waals surface area contributed by atoms with E-state index in [1.807, 2.05) is 12.1 Å². The van der Waals surface area contributed by atoms with Crippen molar-refractivity contribution in [3.63, 3.8) is 0 Å². The number of urea groups is 1. The summed E-state index contributed by atoms with van der Waals surface area (Å²) >= 11 is 5.85. The van der Waals surface area contributed by atoms with E-state index in [-0.39, 0.29) is 30.7 Å². The van der Waals surface area contributed by atoms with Crippen molar-refractivity contribution in [1.29, 1.82) is 0 Å². The zero-order valence-corrected chi connectivity index (χ0v) is 17.6. The molecule has 1 saturated heterocycles. The molecule has 0 radical (unpaired) electrons. The molecule has 0 bridgehead atoms. The van der Waals surface area contributed by atoms with Crippen molar-refractivity contribution in [1.82, 2.24) is 10.6 Å². The highest BCUT2D eigenvalue weighted by Gasteiger charge is 2.33. The monoisotopic (exact) mass is 449 g/mol. The van der Waals surface area contributed by atoms with Crippen LogP contribution in [0.25, 0.3) is 0 Å². The summed E-state index contributed by atoms with van der Waals surface area (Å²) in [5, 5.41) is 18.3. The van der Waals surface area contributed by atoms with E-state index in [9.17, 15) is 19.1 Å². The van der Waals surface area contributed by atoms with Crippen LogP contribution in [-0.2, 0) is 16.1 Å². The number of benzene rings is 2. The third-order valence-electron chi connectivity index (χ3n) is 5.05. The minimum absolute atomic E-state index is 0.0625. The van der Waals surface area contributed by atoms with Crippen LogP contribution in [0.4, 0.5) is 14.9 Å². The average Bonchev–Trinajstić information content (AvgIpc) is 2.76. The fourth-order valence-electron chi connectivity index (χ4n) is 3.42. The number of anilines is 1. The Bertz CT molecular complexity index is 897. The maximum atomic E-state index is 13.7. The number of halogens is 2. The molecule has 3 atom stereocenters. The molecule has 31 heavy (non-hydrogen) atoms. The van der Waals surface area contributed by atoms with Gasteiger partial charge < -0.3 is 25.8 Å². The average molecular weight is 450 g/mol. The normalized spacial score (nSPS) is 20.7. The van der Waals surface area contributed by atoms with Crippen LogP contribution in [0.3, 0.4) is 0 Å². The molecular weight excluding hydrogens is 425 g/mol. The van der Waals surface area contributed by atoms with Crippen molar-refractivity contribution >= 4 is 29.2 Å². The number of amides is 3. The van der Waals surface area contributed by atoms with Crippen LogP contribution in [0, 0.1) is 5.82 Å². The highest BCUT2D eigenvalue weighted by molar-refractivity contribution is 6.30. The fourth-order valence-corrected chi connectivity index (χ4v) is 3.54. The highest BCUT2D eigenvalue weighted by atomic mass is 35.5. The van der Waals surface area contributed by atoms with Gasteiger partial charge in [-0.3, -0.25) is 4.79 Å². The zero-order valence-electron chi connectivity index (χ0n) is 16.8. The van der Waals surface area contributed by atoms with Crippen molar-refractivity contribution in [2.24, 2.45) is 0 Å². The van der Waals surface area contributed by atoms with E-state index in [0.29, 0.717) is 24.4 Å². The number of hydrogen-bond donors (Lipinski definition) is 4. The molecule has 2 aromatic rings. The number of aliphatic hydroxyl groups excluding tert-OH is 1. The molecule has 0 spiro atoms. The fraction of sp³-hybridized carbons (Fsp3) is 0.364. The Morgan fingerprint density at radius 3 is 2.58 bits per heavy atom. The molecule has 0 unspecified atom stereocenters. The van der Waals surface area contributed by atoms with E-state index < -0.39 is 24.0 Å². The number of ether oxygens (including phenoxy) is 1. The van der Waals surface area contributed by atoms with Gasteiger partial charge in [-0.25, -0.2) is 9.18 Å². The summed E-state index contributed by atoms with van der Waals surface area (Å²) in [6.45, 7) is 0.0695. The molecule has 0 saturated carbocycles. The smallest absolute Gasteiger partial charge is 0.319 e. The van der Waals surface area contributed by atoms with Crippen molar-refractivity contribution in [3.05, 3.63) is 64.9 Å². The summed E-state index contributed by atoms with van der Waals surface area (Å²) in [6, 6.07) is 12.0. The molecule has 3 amide bonds. The van der Waals surface area contributed by atoms with Crippen LogP contribution < -0.4 is 16.0 Å². The predicted octanol–water partition coefficient (Wildman–Crippen LogP) is 3.22. The van der Waals surface area contributed by atoms with E-state index >= 15 is 0 Å². The lowest BCUT2D eigenvalue weighted by Gasteiger charge is -2.35. The number of aliphatic hydroxyl groups is 1. The number of rotatable bonds is 7. The van der Waals surface area contributed by atoms with Crippen molar-refractivity contribution in [2.45, 2.75) is 44.1 Å². The van der Waals surface area contributed by atoms with E-state index in [1.165, 1.54) is 18.2 Å². The van der Waals surface area contributed by atoms with Gasteiger partial charge >= 0.3 is 6.03 Å². The van der Waals surface area contributed by atoms with Gasteiger partial charge in [-0.05, 0) is 42.7 Å². The first kappa shape index (κ1) is 23.0. The Labute approximate surface area is 184 Å². The van der Waals surface area contributed by atoms with Crippen LogP contribution in [0.2, 0.25) is 5.02 Å². The van der Waals surface area contributed by atoms with Gasteiger partial charge in [0.05, 0.1) is 30.9 Å². The van der Waals surface area contributed by atoms with Crippen LogP contribution in [-0.4, -0.2) is 41.9 Å². The summed E-state index contributed by atoms with van der Waals surface area (Å²) in [7, 11) is 0. The third kappa shape index (κ3) is 6.92.